The number of rotatable bonds is 3. The highest BCUT2D eigenvalue weighted by atomic mass is 19.1. The molecule has 0 bridgehead atoms. The molecule has 1 fully saturated rings. The van der Waals surface area contributed by atoms with Gasteiger partial charge in [0.25, 0.3) is 0 Å². The third-order valence-corrected chi connectivity index (χ3v) is 3.78. The fourth-order valence-corrected chi connectivity index (χ4v) is 2.41. The maximum atomic E-state index is 13.9. The number of amides is 2. The first-order valence-electron chi connectivity index (χ1n) is 7.00. The first-order chi connectivity index (χ1) is 9.67. The molecule has 0 radical (unpaired) electrons. The standard InChI is InChI=1S/C15H18FN3O/c1-2-10-6-13(16)12-8-11(18-14(12)7-10)9-17-15(20)19-4-3-5-19/h6-8,18H,2-5,9H2,1H3,(H,17,20). The van der Waals surface area contributed by atoms with Crippen molar-refractivity contribution < 1.29 is 9.18 Å². The van der Waals surface area contributed by atoms with E-state index in [4.69, 9.17) is 0 Å². The van der Waals surface area contributed by atoms with Gasteiger partial charge in [0.05, 0.1) is 6.54 Å². The van der Waals surface area contributed by atoms with E-state index in [0.717, 1.165) is 42.7 Å². The lowest BCUT2D eigenvalue weighted by Gasteiger charge is -2.30. The first-order valence-corrected chi connectivity index (χ1v) is 7.00. The zero-order valence-electron chi connectivity index (χ0n) is 11.5. The second-order valence-electron chi connectivity index (χ2n) is 5.19. The number of fused-ring (bicyclic) bond motifs is 1. The number of hydrogen-bond acceptors (Lipinski definition) is 1. The fraction of sp³-hybridized carbons (Fsp3) is 0.400. The number of carbonyl (C=O) groups is 1. The molecule has 1 aliphatic heterocycles. The van der Waals surface area contributed by atoms with Crippen LogP contribution in [-0.4, -0.2) is 29.0 Å². The van der Waals surface area contributed by atoms with E-state index in [-0.39, 0.29) is 11.8 Å². The van der Waals surface area contributed by atoms with Gasteiger partial charge in [0.2, 0.25) is 0 Å². The molecule has 3 rings (SSSR count). The van der Waals surface area contributed by atoms with E-state index >= 15 is 0 Å². The van der Waals surface area contributed by atoms with E-state index in [1.165, 1.54) is 0 Å². The van der Waals surface area contributed by atoms with E-state index in [1.54, 1.807) is 17.0 Å². The molecular weight excluding hydrogens is 257 g/mol. The third-order valence-electron chi connectivity index (χ3n) is 3.78. The van der Waals surface area contributed by atoms with E-state index in [0.29, 0.717) is 11.9 Å². The highest BCUT2D eigenvalue weighted by Crippen LogP contribution is 2.21. The molecule has 1 saturated heterocycles. The molecule has 2 aromatic rings. The number of hydrogen-bond donors (Lipinski definition) is 2. The van der Waals surface area contributed by atoms with Crippen LogP contribution in [0, 0.1) is 5.82 Å². The quantitative estimate of drug-likeness (QED) is 0.889. The van der Waals surface area contributed by atoms with Gasteiger partial charge in [-0.3, -0.25) is 0 Å². The molecule has 1 aromatic carbocycles. The Morgan fingerprint density at radius 3 is 2.85 bits per heavy atom. The Morgan fingerprint density at radius 1 is 1.40 bits per heavy atom. The van der Waals surface area contributed by atoms with Crippen molar-refractivity contribution >= 4 is 16.9 Å². The Labute approximate surface area is 117 Å². The van der Waals surface area contributed by atoms with Crippen LogP contribution < -0.4 is 5.32 Å². The summed E-state index contributed by atoms with van der Waals surface area (Å²) in [5.74, 6) is -0.212. The van der Waals surface area contributed by atoms with Crippen molar-refractivity contribution in [1.29, 1.82) is 0 Å². The van der Waals surface area contributed by atoms with Crippen LogP contribution in [0.4, 0.5) is 9.18 Å². The third kappa shape index (κ3) is 2.35. The van der Waals surface area contributed by atoms with Gasteiger partial charge in [-0.2, -0.15) is 0 Å². The first kappa shape index (κ1) is 13.0. The van der Waals surface area contributed by atoms with E-state index in [9.17, 15) is 9.18 Å². The Bertz CT molecular complexity index is 646. The summed E-state index contributed by atoms with van der Waals surface area (Å²) >= 11 is 0. The number of aromatic amines is 1. The Morgan fingerprint density at radius 2 is 2.20 bits per heavy atom. The predicted octanol–water partition coefficient (Wildman–Crippen LogP) is 2.78. The highest BCUT2D eigenvalue weighted by Gasteiger charge is 2.19. The lowest BCUT2D eigenvalue weighted by atomic mass is 10.1. The van der Waals surface area contributed by atoms with Gasteiger partial charge < -0.3 is 15.2 Å². The number of urea groups is 1. The summed E-state index contributed by atoms with van der Waals surface area (Å²) in [6.07, 6.45) is 1.87. The normalized spacial score (nSPS) is 14.4. The van der Waals surface area contributed by atoms with Gasteiger partial charge in [-0.15, -0.1) is 0 Å². The van der Waals surface area contributed by atoms with Gasteiger partial charge in [-0.1, -0.05) is 6.92 Å². The molecule has 4 nitrogen and oxygen atoms in total. The summed E-state index contributed by atoms with van der Waals surface area (Å²) in [4.78, 5) is 16.6. The van der Waals surface area contributed by atoms with Gasteiger partial charge >= 0.3 is 6.03 Å². The minimum absolute atomic E-state index is 0.0513. The number of likely N-dealkylation sites (tertiary alicyclic amines) is 1. The van der Waals surface area contributed by atoms with Crippen LogP contribution in [0.2, 0.25) is 0 Å². The van der Waals surface area contributed by atoms with Gasteiger partial charge in [-0.25, -0.2) is 9.18 Å². The number of aryl methyl sites for hydroxylation is 1. The van der Waals surface area contributed by atoms with Crippen LogP contribution in [0.15, 0.2) is 18.2 Å². The lowest BCUT2D eigenvalue weighted by molar-refractivity contribution is 0.167. The van der Waals surface area contributed by atoms with Gasteiger partial charge in [0, 0.05) is 29.7 Å². The molecule has 5 heteroatoms. The topological polar surface area (TPSA) is 48.1 Å². The zero-order valence-corrected chi connectivity index (χ0v) is 11.5. The van der Waals surface area contributed by atoms with E-state index in [1.807, 2.05) is 13.0 Å². The maximum Gasteiger partial charge on any atom is 0.317 e. The number of nitrogens with one attached hydrogen (secondary N) is 2. The molecule has 2 heterocycles. The number of aromatic nitrogens is 1. The predicted molar refractivity (Wildman–Crippen MR) is 76.1 cm³/mol. The van der Waals surface area contributed by atoms with Gasteiger partial charge in [0.1, 0.15) is 5.82 Å². The average Bonchev–Trinajstić information content (AvgIpc) is 2.77. The van der Waals surface area contributed by atoms with Crippen molar-refractivity contribution in [2.75, 3.05) is 13.1 Å². The number of carbonyl (C=O) groups excluding carboxylic acids is 1. The largest absolute Gasteiger partial charge is 0.357 e. The molecule has 0 aliphatic carbocycles. The Hall–Kier alpha value is -2.04. The molecule has 0 saturated carbocycles. The Kier molecular flexibility index (Phi) is 3.34. The maximum absolute atomic E-state index is 13.9. The smallest absolute Gasteiger partial charge is 0.317 e. The fourth-order valence-electron chi connectivity index (χ4n) is 2.41. The molecule has 1 aliphatic rings. The molecule has 2 amide bonds. The lowest BCUT2D eigenvalue weighted by Crippen LogP contribution is -2.47. The molecule has 0 atom stereocenters. The summed E-state index contributed by atoms with van der Waals surface area (Å²) in [5, 5.41) is 3.42. The van der Waals surface area contributed by atoms with Crippen LogP contribution in [-0.2, 0) is 13.0 Å². The minimum atomic E-state index is -0.212. The summed E-state index contributed by atoms with van der Waals surface area (Å²) in [6, 6.07) is 5.24. The monoisotopic (exact) mass is 275 g/mol. The van der Waals surface area contributed by atoms with Crippen LogP contribution in [0.5, 0.6) is 0 Å². The summed E-state index contributed by atoms with van der Waals surface area (Å²) in [6.45, 7) is 4.04. The van der Waals surface area contributed by atoms with Crippen molar-refractivity contribution in [3.05, 3.63) is 35.3 Å². The number of nitrogens with zero attached hydrogens (tertiary/aromatic N) is 1. The molecule has 20 heavy (non-hydrogen) atoms. The molecule has 106 valence electrons. The molecule has 1 aromatic heterocycles. The summed E-state index contributed by atoms with van der Waals surface area (Å²) in [7, 11) is 0. The number of benzene rings is 1. The van der Waals surface area contributed by atoms with Crippen molar-refractivity contribution in [2.24, 2.45) is 0 Å². The Balaban J connectivity index is 1.75. The van der Waals surface area contributed by atoms with E-state index < -0.39 is 0 Å². The van der Waals surface area contributed by atoms with Crippen molar-refractivity contribution in [3.8, 4) is 0 Å². The van der Waals surface area contributed by atoms with E-state index in [2.05, 4.69) is 10.3 Å². The van der Waals surface area contributed by atoms with Crippen molar-refractivity contribution in [2.45, 2.75) is 26.3 Å². The minimum Gasteiger partial charge on any atom is -0.357 e. The number of halogens is 1. The molecule has 0 spiro atoms. The summed E-state index contributed by atoms with van der Waals surface area (Å²) in [5.41, 5.74) is 2.57. The van der Waals surface area contributed by atoms with Crippen LogP contribution in [0.25, 0.3) is 10.9 Å². The molecule has 2 N–H and O–H groups in total. The SMILES string of the molecule is CCc1cc(F)c2cc(CNC(=O)N3CCC3)[nH]c2c1. The number of H-pyrrole nitrogens is 1. The van der Waals surface area contributed by atoms with Crippen LogP contribution >= 0.6 is 0 Å². The van der Waals surface area contributed by atoms with Crippen LogP contribution in [0.1, 0.15) is 24.6 Å². The molecular formula is C15H18FN3O. The van der Waals surface area contributed by atoms with Gasteiger partial charge in [0.15, 0.2) is 0 Å². The molecule has 0 unspecified atom stereocenters. The zero-order chi connectivity index (χ0) is 14.1. The van der Waals surface area contributed by atoms with Crippen molar-refractivity contribution in [1.82, 2.24) is 15.2 Å². The van der Waals surface area contributed by atoms with Crippen LogP contribution in [0.3, 0.4) is 0 Å². The highest BCUT2D eigenvalue weighted by molar-refractivity contribution is 5.82. The van der Waals surface area contributed by atoms with Gasteiger partial charge in [-0.05, 0) is 36.6 Å². The summed E-state index contributed by atoms with van der Waals surface area (Å²) < 4.78 is 13.9. The second kappa shape index (κ2) is 5.15. The second-order valence-corrected chi connectivity index (χ2v) is 5.19. The average molecular weight is 275 g/mol. The van der Waals surface area contributed by atoms with Crippen molar-refractivity contribution in [3.63, 3.8) is 0 Å².